The molecule has 2 aromatic rings. The van der Waals surface area contributed by atoms with Crippen molar-refractivity contribution in [3.8, 4) is 0 Å². The fraction of sp³-hybridized carbons (Fsp3) is 0.100. The first-order valence-corrected chi connectivity index (χ1v) is 8.15. The van der Waals surface area contributed by atoms with Gasteiger partial charge in [-0.3, -0.25) is 4.79 Å². The second kappa shape index (κ2) is 8.41. The quantitative estimate of drug-likeness (QED) is 0.314. The van der Waals surface area contributed by atoms with Gasteiger partial charge in [0.05, 0.1) is 12.7 Å². The van der Waals surface area contributed by atoms with Gasteiger partial charge in [-0.25, -0.2) is 4.79 Å². The maximum absolute atomic E-state index is 12.3. The smallest absolute Gasteiger partial charge is 0.337 e. The molecular formula is C20H17BrO3. The molecule has 0 heterocycles. The number of hydrogen-bond acceptors (Lipinski definition) is 3. The Balaban J connectivity index is 2.20. The van der Waals surface area contributed by atoms with Gasteiger partial charge >= 0.3 is 5.97 Å². The summed E-state index contributed by atoms with van der Waals surface area (Å²) >= 11 is 3.48. The highest BCUT2D eigenvalue weighted by atomic mass is 79.9. The van der Waals surface area contributed by atoms with Gasteiger partial charge < -0.3 is 4.74 Å². The van der Waals surface area contributed by atoms with E-state index in [4.69, 9.17) is 0 Å². The van der Waals surface area contributed by atoms with Gasteiger partial charge in [-0.1, -0.05) is 58.4 Å². The van der Waals surface area contributed by atoms with Gasteiger partial charge in [0.15, 0.2) is 5.78 Å². The van der Waals surface area contributed by atoms with Crippen molar-refractivity contribution in [1.82, 2.24) is 0 Å². The molecule has 0 spiro atoms. The molecule has 0 bridgehead atoms. The molecule has 0 aliphatic carbocycles. The van der Waals surface area contributed by atoms with Crippen LogP contribution in [0.1, 0.15) is 33.2 Å². The summed E-state index contributed by atoms with van der Waals surface area (Å²) in [7, 11) is 1.32. The van der Waals surface area contributed by atoms with Crippen LogP contribution in [0.4, 0.5) is 0 Å². The topological polar surface area (TPSA) is 43.4 Å². The van der Waals surface area contributed by atoms with Gasteiger partial charge in [-0.2, -0.15) is 0 Å². The van der Waals surface area contributed by atoms with E-state index in [0.717, 1.165) is 15.6 Å². The minimum Gasteiger partial charge on any atom is -0.465 e. The molecule has 3 nitrogen and oxygen atoms in total. The van der Waals surface area contributed by atoms with E-state index in [0.29, 0.717) is 11.1 Å². The van der Waals surface area contributed by atoms with Crippen LogP contribution < -0.4 is 0 Å². The molecule has 0 aromatic heterocycles. The molecule has 0 N–H and O–H groups in total. The van der Waals surface area contributed by atoms with E-state index in [1.54, 1.807) is 30.3 Å². The maximum atomic E-state index is 12.3. The Hall–Kier alpha value is -2.46. The van der Waals surface area contributed by atoms with E-state index in [1.807, 2.05) is 37.3 Å². The van der Waals surface area contributed by atoms with Crippen molar-refractivity contribution in [3.63, 3.8) is 0 Å². The fourth-order valence-electron chi connectivity index (χ4n) is 2.17. The lowest BCUT2D eigenvalue weighted by atomic mass is 10.0. The van der Waals surface area contributed by atoms with Crippen LogP contribution in [-0.2, 0) is 4.74 Å². The summed E-state index contributed by atoms with van der Waals surface area (Å²) in [6, 6.07) is 16.2. The maximum Gasteiger partial charge on any atom is 0.337 e. The number of halogens is 1. The van der Waals surface area contributed by atoms with Crippen molar-refractivity contribution in [2.75, 3.05) is 7.11 Å². The van der Waals surface area contributed by atoms with Gasteiger partial charge in [-0.15, -0.1) is 0 Å². The summed E-state index contributed by atoms with van der Waals surface area (Å²) in [5, 5.41) is 0. The molecule has 0 atom stereocenters. The largest absolute Gasteiger partial charge is 0.465 e. The molecule has 2 aromatic carbocycles. The molecule has 0 saturated heterocycles. The number of ketones is 1. The Morgan fingerprint density at radius 1 is 0.875 bits per heavy atom. The Labute approximate surface area is 149 Å². The first kappa shape index (κ1) is 17.9. The van der Waals surface area contributed by atoms with Crippen LogP contribution in [0.25, 0.3) is 5.57 Å². The Kier molecular flexibility index (Phi) is 6.27. The van der Waals surface area contributed by atoms with Gasteiger partial charge in [0.1, 0.15) is 0 Å². The highest BCUT2D eigenvalue weighted by Crippen LogP contribution is 2.23. The zero-order valence-corrected chi connectivity index (χ0v) is 15.0. The summed E-state index contributed by atoms with van der Waals surface area (Å²) in [6.45, 7) is 1.93. The van der Waals surface area contributed by atoms with Crippen molar-refractivity contribution in [2.45, 2.75) is 6.92 Å². The molecule has 0 unspecified atom stereocenters. The van der Waals surface area contributed by atoms with Crippen LogP contribution in [0.3, 0.4) is 0 Å². The van der Waals surface area contributed by atoms with Crippen molar-refractivity contribution >= 4 is 33.3 Å². The molecule has 4 heteroatoms. The van der Waals surface area contributed by atoms with Crippen LogP contribution in [0, 0.1) is 0 Å². The van der Waals surface area contributed by atoms with Crippen LogP contribution in [-0.4, -0.2) is 18.9 Å². The zero-order valence-electron chi connectivity index (χ0n) is 13.5. The number of hydrogen-bond donors (Lipinski definition) is 0. The molecule has 0 radical (unpaired) electrons. The minimum absolute atomic E-state index is 0.131. The highest BCUT2D eigenvalue weighted by Gasteiger charge is 2.08. The van der Waals surface area contributed by atoms with Crippen molar-refractivity contribution in [3.05, 3.63) is 87.9 Å². The van der Waals surface area contributed by atoms with E-state index in [1.165, 1.54) is 13.2 Å². The summed E-state index contributed by atoms with van der Waals surface area (Å²) in [5.74, 6) is -0.553. The van der Waals surface area contributed by atoms with E-state index in [-0.39, 0.29) is 5.78 Å². The van der Waals surface area contributed by atoms with Crippen LogP contribution in [0.5, 0.6) is 0 Å². The number of methoxy groups -OCH3 is 1. The SMILES string of the molecule is COC(=O)c1ccc(C(=O)/C=C/C(=C(/C)Br)c2ccccc2)cc1. The monoisotopic (exact) mass is 384 g/mol. The normalized spacial score (nSPS) is 12.0. The molecule has 2 rings (SSSR count). The average Bonchev–Trinajstić information content (AvgIpc) is 2.61. The van der Waals surface area contributed by atoms with E-state index in [9.17, 15) is 9.59 Å². The molecular weight excluding hydrogens is 368 g/mol. The number of rotatable bonds is 5. The average molecular weight is 385 g/mol. The van der Waals surface area contributed by atoms with Crippen LogP contribution in [0.2, 0.25) is 0 Å². The lowest BCUT2D eigenvalue weighted by Crippen LogP contribution is -2.02. The van der Waals surface area contributed by atoms with Gasteiger partial charge in [0.25, 0.3) is 0 Å². The number of benzene rings is 2. The van der Waals surface area contributed by atoms with Gasteiger partial charge in [0, 0.05) is 5.56 Å². The number of allylic oxidation sites excluding steroid dienone is 4. The van der Waals surface area contributed by atoms with Crippen molar-refractivity contribution in [1.29, 1.82) is 0 Å². The molecule has 122 valence electrons. The number of carbonyl (C=O) groups excluding carboxylic acids is 2. The van der Waals surface area contributed by atoms with E-state index in [2.05, 4.69) is 20.7 Å². The van der Waals surface area contributed by atoms with Gasteiger partial charge in [0.2, 0.25) is 0 Å². The third kappa shape index (κ3) is 4.52. The zero-order chi connectivity index (χ0) is 17.5. The van der Waals surface area contributed by atoms with E-state index < -0.39 is 5.97 Å². The van der Waals surface area contributed by atoms with Crippen LogP contribution >= 0.6 is 15.9 Å². The summed E-state index contributed by atoms with van der Waals surface area (Å²) in [4.78, 5) is 23.7. The van der Waals surface area contributed by atoms with Gasteiger partial charge in [-0.05, 0) is 46.8 Å². The first-order chi connectivity index (χ1) is 11.5. The van der Waals surface area contributed by atoms with E-state index >= 15 is 0 Å². The lowest BCUT2D eigenvalue weighted by Gasteiger charge is -2.04. The minimum atomic E-state index is -0.422. The van der Waals surface area contributed by atoms with Crippen molar-refractivity contribution in [2.24, 2.45) is 0 Å². The summed E-state index contributed by atoms with van der Waals surface area (Å²) in [6.07, 6.45) is 3.32. The molecule has 24 heavy (non-hydrogen) atoms. The predicted octanol–water partition coefficient (Wildman–Crippen LogP) is 5.04. The molecule has 0 aliphatic heterocycles. The second-order valence-electron chi connectivity index (χ2n) is 5.08. The molecule has 0 amide bonds. The molecule has 0 fully saturated rings. The standard InChI is InChI=1S/C20H17BrO3/c1-14(21)18(15-6-4-3-5-7-15)12-13-19(22)16-8-10-17(11-9-16)20(23)24-2/h3-13H,1-2H3/b13-12+,18-14+. The third-order valence-electron chi connectivity index (χ3n) is 3.45. The Bertz CT molecular complexity index is 783. The number of ether oxygens (including phenoxy) is 1. The Morgan fingerprint density at radius 2 is 1.46 bits per heavy atom. The summed E-state index contributed by atoms with van der Waals surface area (Å²) < 4.78 is 5.59. The molecule has 0 aliphatic rings. The molecule has 0 saturated carbocycles. The van der Waals surface area contributed by atoms with Crippen molar-refractivity contribution < 1.29 is 14.3 Å². The summed E-state index contributed by atoms with van der Waals surface area (Å²) in [5.41, 5.74) is 2.89. The number of carbonyl (C=O) groups is 2. The Morgan fingerprint density at radius 3 is 2.00 bits per heavy atom. The fourth-order valence-corrected chi connectivity index (χ4v) is 2.53. The highest BCUT2D eigenvalue weighted by molar-refractivity contribution is 9.11. The number of esters is 1. The predicted molar refractivity (Wildman–Crippen MR) is 99.2 cm³/mol. The van der Waals surface area contributed by atoms with Crippen LogP contribution in [0.15, 0.2) is 71.2 Å². The third-order valence-corrected chi connectivity index (χ3v) is 3.87. The first-order valence-electron chi connectivity index (χ1n) is 7.35. The second-order valence-corrected chi connectivity index (χ2v) is 6.27. The lowest BCUT2D eigenvalue weighted by molar-refractivity contribution is 0.0600.